The molecule has 1 unspecified atom stereocenters. The van der Waals surface area contributed by atoms with Crippen LogP contribution in [0.4, 0.5) is 0 Å². The molecule has 0 aliphatic carbocycles. The van der Waals surface area contributed by atoms with Gasteiger partial charge in [0.15, 0.2) is 0 Å². The number of rotatable bonds is 12. The molecule has 24 heavy (non-hydrogen) atoms. The minimum atomic E-state index is -5.06. The van der Waals surface area contributed by atoms with Gasteiger partial charge in [-0.3, -0.25) is 4.52 Å². The summed E-state index contributed by atoms with van der Waals surface area (Å²) < 4.78 is 30.0. The summed E-state index contributed by atoms with van der Waals surface area (Å²) in [4.78, 5) is 28.0. The fourth-order valence-electron chi connectivity index (χ4n) is 1.80. The molecule has 0 aromatic heterocycles. The van der Waals surface area contributed by atoms with E-state index in [1.807, 2.05) is 11.9 Å². The van der Waals surface area contributed by atoms with Crippen molar-refractivity contribution in [2.75, 3.05) is 26.7 Å². The number of likely N-dealkylation sites (N-methyl/N-ethyl adjacent to an activating group) is 1. The number of hydrogen-bond donors (Lipinski definition) is 3. The van der Waals surface area contributed by atoms with Crippen LogP contribution in [0.15, 0.2) is 23.3 Å². The van der Waals surface area contributed by atoms with Gasteiger partial charge in [-0.1, -0.05) is 23.3 Å². The molecule has 0 aliphatic heterocycles. The molecule has 0 rings (SSSR count). The maximum absolute atomic E-state index is 11.2. The molecular weight excluding hydrogens is 356 g/mol. The van der Waals surface area contributed by atoms with E-state index in [0.717, 1.165) is 25.8 Å². The second-order valence-corrected chi connectivity index (χ2v) is 8.67. The van der Waals surface area contributed by atoms with E-state index in [0.29, 0.717) is 6.54 Å². The lowest BCUT2D eigenvalue weighted by molar-refractivity contribution is 0.161. The van der Waals surface area contributed by atoms with Crippen molar-refractivity contribution in [3.05, 3.63) is 23.3 Å². The van der Waals surface area contributed by atoms with Gasteiger partial charge in [-0.2, -0.15) is 4.31 Å². The third-order valence-electron chi connectivity index (χ3n) is 3.03. The lowest BCUT2D eigenvalue weighted by Crippen LogP contribution is -2.23. The summed E-state index contributed by atoms with van der Waals surface area (Å²) in [5.74, 6) is 0. The van der Waals surface area contributed by atoms with E-state index in [1.165, 1.54) is 11.1 Å². The zero-order valence-electron chi connectivity index (χ0n) is 14.7. The molecule has 0 fully saturated rings. The number of nitrogens with zero attached hydrogens (tertiary/aromatic N) is 1. The van der Waals surface area contributed by atoms with Crippen LogP contribution in [0.5, 0.6) is 0 Å². The van der Waals surface area contributed by atoms with Crippen LogP contribution >= 0.6 is 15.6 Å². The molecule has 0 amide bonds. The van der Waals surface area contributed by atoms with Crippen molar-refractivity contribution in [3.63, 3.8) is 0 Å². The predicted molar refractivity (Wildman–Crippen MR) is 93.4 cm³/mol. The number of hydrogen-bond acceptors (Lipinski definition) is 5. The van der Waals surface area contributed by atoms with E-state index < -0.39 is 15.6 Å². The lowest BCUT2D eigenvalue weighted by Gasteiger charge is -2.17. The van der Waals surface area contributed by atoms with Crippen LogP contribution in [0.3, 0.4) is 0 Å². The molecule has 0 saturated carbocycles. The number of phosphoric ester groups is 1. The summed E-state index contributed by atoms with van der Waals surface area (Å²) in [5, 5.41) is 0. The highest BCUT2D eigenvalue weighted by atomic mass is 31.3. The summed E-state index contributed by atoms with van der Waals surface area (Å²) >= 11 is 0. The van der Waals surface area contributed by atoms with Gasteiger partial charge in [-0.15, -0.1) is 0 Å². The molecule has 8 nitrogen and oxygen atoms in total. The van der Waals surface area contributed by atoms with Crippen molar-refractivity contribution < 1.29 is 32.6 Å². The second-order valence-electron chi connectivity index (χ2n) is 5.84. The Morgan fingerprint density at radius 1 is 1.04 bits per heavy atom. The zero-order chi connectivity index (χ0) is 18.8. The van der Waals surface area contributed by atoms with Gasteiger partial charge in [0.05, 0.1) is 6.61 Å². The van der Waals surface area contributed by atoms with Crippen molar-refractivity contribution in [2.45, 2.75) is 40.0 Å². The van der Waals surface area contributed by atoms with Crippen molar-refractivity contribution >= 4 is 15.6 Å². The van der Waals surface area contributed by atoms with Gasteiger partial charge in [-0.05, 0) is 47.1 Å². The SMILES string of the molecule is CC(C)=CCC/C(C)=C/CCN(C)CCOP(=O)(O)OP(=O)(O)O. The Labute approximate surface area is 144 Å². The Hall–Kier alpha value is -0.300. The van der Waals surface area contributed by atoms with Crippen molar-refractivity contribution in [2.24, 2.45) is 0 Å². The Balaban J connectivity index is 3.98. The largest absolute Gasteiger partial charge is 0.481 e. The van der Waals surface area contributed by atoms with Gasteiger partial charge in [0.1, 0.15) is 0 Å². The van der Waals surface area contributed by atoms with Crippen LogP contribution in [0.2, 0.25) is 0 Å². The van der Waals surface area contributed by atoms with Crippen LogP contribution in [0.25, 0.3) is 0 Å². The van der Waals surface area contributed by atoms with E-state index in [9.17, 15) is 9.13 Å². The number of phosphoric acid groups is 2. The van der Waals surface area contributed by atoms with Crippen LogP contribution < -0.4 is 0 Å². The molecule has 0 aromatic carbocycles. The Kier molecular flexibility index (Phi) is 11.2. The van der Waals surface area contributed by atoms with E-state index >= 15 is 0 Å². The van der Waals surface area contributed by atoms with Crippen LogP contribution in [-0.4, -0.2) is 46.3 Å². The van der Waals surface area contributed by atoms with E-state index in [-0.39, 0.29) is 6.61 Å². The summed E-state index contributed by atoms with van der Waals surface area (Å²) in [6, 6.07) is 0. The average Bonchev–Trinajstić information content (AvgIpc) is 2.34. The molecule has 0 bridgehead atoms. The first-order chi connectivity index (χ1) is 10.9. The molecule has 0 radical (unpaired) electrons. The van der Waals surface area contributed by atoms with Gasteiger partial charge < -0.3 is 19.6 Å². The maximum atomic E-state index is 11.2. The molecule has 0 heterocycles. The Bertz CT molecular complexity index is 523. The number of allylic oxidation sites excluding steroid dienone is 3. The summed E-state index contributed by atoms with van der Waals surface area (Å²) in [6.07, 6.45) is 7.25. The first-order valence-corrected chi connectivity index (χ1v) is 10.7. The van der Waals surface area contributed by atoms with Crippen molar-refractivity contribution in [3.8, 4) is 0 Å². The summed E-state index contributed by atoms with van der Waals surface area (Å²) in [6.45, 7) is 7.13. The van der Waals surface area contributed by atoms with Gasteiger partial charge in [0, 0.05) is 13.1 Å². The zero-order valence-corrected chi connectivity index (χ0v) is 16.5. The third kappa shape index (κ3) is 15.2. The molecule has 3 N–H and O–H groups in total. The molecule has 0 aliphatic rings. The summed E-state index contributed by atoms with van der Waals surface area (Å²) in [7, 11) is -7.98. The standard InChI is InChI=1S/C14H29NO7P2/c1-13(2)7-5-8-14(3)9-6-10-15(4)11-12-21-24(19,20)22-23(16,17)18/h7,9H,5-6,8,10-12H2,1-4H3,(H,19,20)(H2,16,17,18)/b14-9+. The molecule has 0 spiro atoms. The second kappa shape index (κ2) is 11.3. The molecule has 0 saturated heterocycles. The topological polar surface area (TPSA) is 117 Å². The van der Waals surface area contributed by atoms with E-state index in [2.05, 4.69) is 41.8 Å². The molecule has 1 atom stereocenters. The van der Waals surface area contributed by atoms with Crippen LogP contribution in [0.1, 0.15) is 40.0 Å². The molecular formula is C14H29NO7P2. The Morgan fingerprint density at radius 2 is 1.67 bits per heavy atom. The average molecular weight is 385 g/mol. The third-order valence-corrected chi connectivity index (χ3v) is 5.22. The van der Waals surface area contributed by atoms with Crippen molar-refractivity contribution in [1.82, 2.24) is 4.90 Å². The quantitative estimate of drug-likeness (QED) is 0.346. The maximum Gasteiger partial charge on any atom is 0.481 e. The van der Waals surface area contributed by atoms with Gasteiger partial charge in [0.25, 0.3) is 0 Å². The highest BCUT2D eigenvalue weighted by Gasteiger charge is 2.32. The molecule has 10 heteroatoms. The van der Waals surface area contributed by atoms with Gasteiger partial charge >= 0.3 is 15.6 Å². The fourth-order valence-corrected chi connectivity index (χ4v) is 3.38. The van der Waals surface area contributed by atoms with Gasteiger partial charge in [-0.25, -0.2) is 9.13 Å². The van der Waals surface area contributed by atoms with Crippen LogP contribution in [0, 0.1) is 0 Å². The van der Waals surface area contributed by atoms with Crippen molar-refractivity contribution in [1.29, 1.82) is 0 Å². The smallest absolute Gasteiger partial charge is 0.304 e. The lowest BCUT2D eigenvalue weighted by atomic mass is 10.1. The normalized spacial score (nSPS) is 15.4. The first-order valence-electron chi connectivity index (χ1n) is 7.63. The molecule has 142 valence electrons. The fraction of sp³-hybridized carbons (Fsp3) is 0.714. The Morgan fingerprint density at radius 3 is 2.21 bits per heavy atom. The van der Waals surface area contributed by atoms with Gasteiger partial charge in [0.2, 0.25) is 0 Å². The monoisotopic (exact) mass is 385 g/mol. The van der Waals surface area contributed by atoms with Crippen LogP contribution in [-0.2, 0) is 18.0 Å². The highest BCUT2D eigenvalue weighted by molar-refractivity contribution is 7.60. The highest BCUT2D eigenvalue weighted by Crippen LogP contribution is 2.57. The summed E-state index contributed by atoms with van der Waals surface area (Å²) in [5.41, 5.74) is 2.62. The predicted octanol–water partition coefficient (Wildman–Crippen LogP) is 3.23. The van der Waals surface area contributed by atoms with E-state index in [4.69, 9.17) is 14.7 Å². The minimum Gasteiger partial charge on any atom is -0.304 e. The first kappa shape index (κ1) is 23.7. The molecule has 0 aromatic rings. The van der Waals surface area contributed by atoms with E-state index in [1.54, 1.807) is 0 Å². The minimum absolute atomic E-state index is 0.173.